The number of hydrogen-bond acceptors (Lipinski definition) is 4. The summed E-state index contributed by atoms with van der Waals surface area (Å²) in [6.07, 6.45) is 0.669. The van der Waals surface area contributed by atoms with Crippen LogP contribution in [0.1, 0.15) is 24.8 Å². The molecule has 2 saturated heterocycles. The number of piperazine rings is 1. The molecule has 1 N–H and O–H groups in total. The molecule has 1 unspecified atom stereocenters. The van der Waals surface area contributed by atoms with E-state index >= 15 is 0 Å². The molecule has 0 aromatic heterocycles. The van der Waals surface area contributed by atoms with Crippen LogP contribution in [0, 0.1) is 0 Å². The van der Waals surface area contributed by atoms with E-state index in [9.17, 15) is 14.4 Å². The van der Waals surface area contributed by atoms with E-state index in [4.69, 9.17) is 0 Å². The van der Waals surface area contributed by atoms with Crippen LogP contribution in [-0.2, 0) is 19.8 Å². The molecule has 1 atom stereocenters. The van der Waals surface area contributed by atoms with Crippen LogP contribution in [0.25, 0.3) is 10.8 Å². The van der Waals surface area contributed by atoms with Gasteiger partial charge in [-0.1, -0.05) is 60.7 Å². The average molecular weight is 442 g/mol. The number of nitrogens with zero attached hydrogens (tertiary/aromatic N) is 2. The fraction of sp³-hybridized carbons (Fsp3) is 0.296. The number of imide groups is 1. The molecule has 3 aromatic carbocycles. The lowest BCUT2D eigenvalue weighted by molar-refractivity contribution is -0.132. The molecule has 2 fully saturated rings. The van der Waals surface area contributed by atoms with Crippen LogP contribution in [0.4, 0.5) is 5.69 Å². The van der Waals surface area contributed by atoms with Crippen molar-refractivity contribution in [2.45, 2.75) is 24.7 Å². The summed E-state index contributed by atoms with van der Waals surface area (Å²) in [7, 11) is 0. The number of fused-ring (bicyclic) bond motifs is 1. The zero-order chi connectivity index (χ0) is 22.8. The first kappa shape index (κ1) is 21.2. The third kappa shape index (κ3) is 4.09. The highest BCUT2D eigenvalue weighted by Gasteiger charge is 2.48. The second-order valence-corrected chi connectivity index (χ2v) is 8.90. The van der Waals surface area contributed by atoms with E-state index in [1.807, 2.05) is 47.4 Å². The number of amides is 3. The van der Waals surface area contributed by atoms with Crippen molar-refractivity contribution in [2.75, 3.05) is 31.1 Å². The molecule has 2 aliphatic heterocycles. The fourth-order valence-electron chi connectivity index (χ4n) is 5.05. The predicted molar refractivity (Wildman–Crippen MR) is 128 cm³/mol. The second kappa shape index (κ2) is 8.70. The van der Waals surface area contributed by atoms with Crippen LogP contribution in [0.5, 0.6) is 0 Å². The van der Waals surface area contributed by atoms with Crippen LogP contribution in [-0.4, -0.2) is 48.8 Å². The molecule has 0 saturated carbocycles. The zero-order valence-electron chi connectivity index (χ0n) is 18.5. The molecule has 3 amide bonds. The third-order valence-electron chi connectivity index (χ3n) is 6.97. The number of anilines is 1. The summed E-state index contributed by atoms with van der Waals surface area (Å²) in [5.41, 5.74) is 1.01. The number of carbonyl (C=O) groups excluding carboxylic acids is 3. The fourth-order valence-corrected chi connectivity index (χ4v) is 5.05. The van der Waals surface area contributed by atoms with Gasteiger partial charge < -0.3 is 9.80 Å². The molecular formula is C27H27N3O3. The van der Waals surface area contributed by atoms with Crippen molar-refractivity contribution < 1.29 is 14.4 Å². The molecular weight excluding hydrogens is 414 g/mol. The smallest absolute Gasteiger partial charge is 0.237 e. The molecule has 33 heavy (non-hydrogen) atoms. The summed E-state index contributed by atoms with van der Waals surface area (Å²) < 4.78 is 0. The summed E-state index contributed by atoms with van der Waals surface area (Å²) >= 11 is 0. The van der Waals surface area contributed by atoms with Gasteiger partial charge in [-0.2, -0.15) is 0 Å². The van der Waals surface area contributed by atoms with Gasteiger partial charge in [0, 0.05) is 44.7 Å². The maximum Gasteiger partial charge on any atom is 0.237 e. The minimum atomic E-state index is -0.957. The minimum absolute atomic E-state index is 0.0376. The van der Waals surface area contributed by atoms with E-state index in [1.54, 1.807) is 0 Å². The topological polar surface area (TPSA) is 69.7 Å². The SMILES string of the molecule is O=C1CC(CCC(=O)N2CCN(c3ccc4ccccc4c3)CC2)(c2ccccc2)C(=O)N1. The average Bonchev–Trinajstić information content (AvgIpc) is 3.16. The number of carbonyl (C=O) groups is 3. The Hall–Kier alpha value is -3.67. The summed E-state index contributed by atoms with van der Waals surface area (Å²) in [6, 6.07) is 24.1. The molecule has 5 rings (SSSR count). The number of nitrogens with one attached hydrogen (secondary N) is 1. The Labute approximate surface area is 193 Å². The van der Waals surface area contributed by atoms with Crippen LogP contribution in [0.2, 0.25) is 0 Å². The van der Waals surface area contributed by atoms with Gasteiger partial charge in [-0.3, -0.25) is 19.7 Å². The summed E-state index contributed by atoms with van der Waals surface area (Å²) in [4.78, 5) is 41.9. The van der Waals surface area contributed by atoms with E-state index in [2.05, 4.69) is 40.5 Å². The number of benzene rings is 3. The Morgan fingerprint density at radius 3 is 2.24 bits per heavy atom. The standard InChI is InChI=1S/C27H27N3O3/c31-24-19-27(26(33)28-24,22-8-2-1-3-9-22)13-12-25(32)30-16-14-29(15-17-30)23-11-10-20-6-4-5-7-21(20)18-23/h1-11,18H,12-17,19H2,(H,28,31,33). The minimum Gasteiger partial charge on any atom is -0.368 e. The van der Waals surface area contributed by atoms with Crippen LogP contribution in [0.15, 0.2) is 72.8 Å². The predicted octanol–water partition coefficient (Wildman–Crippen LogP) is 3.25. The number of rotatable bonds is 5. The molecule has 0 aliphatic carbocycles. The van der Waals surface area contributed by atoms with Crippen molar-refractivity contribution in [2.24, 2.45) is 0 Å². The quantitative estimate of drug-likeness (QED) is 0.617. The molecule has 0 radical (unpaired) electrons. The van der Waals surface area contributed by atoms with Gasteiger partial charge in [-0.25, -0.2) is 0 Å². The third-order valence-corrected chi connectivity index (χ3v) is 6.97. The van der Waals surface area contributed by atoms with Gasteiger partial charge in [-0.05, 0) is 34.9 Å². The van der Waals surface area contributed by atoms with Gasteiger partial charge in [0.15, 0.2) is 0 Å². The Balaban J connectivity index is 1.23. The monoisotopic (exact) mass is 441 g/mol. The Kier molecular flexibility index (Phi) is 5.58. The van der Waals surface area contributed by atoms with Gasteiger partial charge >= 0.3 is 0 Å². The largest absolute Gasteiger partial charge is 0.368 e. The van der Waals surface area contributed by atoms with Gasteiger partial charge in [0.05, 0.1) is 5.41 Å². The first-order valence-electron chi connectivity index (χ1n) is 11.5. The molecule has 168 valence electrons. The van der Waals surface area contributed by atoms with Crippen molar-refractivity contribution >= 4 is 34.2 Å². The van der Waals surface area contributed by atoms with Crippen LogP contribution in [0.3, 0.4) is 0 Å². The molecule has 3 aromatic rings. The van der Waals surface area contributed by atoms with Crippen molar-refractivity contribution in [3.8, 4) is 0 Å². The van der Waals surface area contributed by atoms with Crippen molar-refractivity contribution in [3.63, 3.8) is 0 Å². The summed E-state index contributed by atoms with van der Waals surface area (Å²) in [5, 5.41) is 4.87. The zero-order valence-corrected chi connectivity index (χ0v) is 18.5. The van der Waals surface area contributed by atoms with E-state index < -0.39 is 5.41 Å². The molecule has 0 bridgehead atoms. The highest BCUT2D eigenvalue weighted by molar-refractivity contribution is 6.09. The molecule has 0 spiro atoms. The van der Waals surface area contributed by atoms with Gasteiger partial charge in [0.1, 0.15) is 0 Å². The summed E-state index contributed by atoms with van der Waals surface area (Å²) in [6.45, 7) is 2.84. The van der Waals surface area contributed by atoms with Gasteiger partial charge in [0.2, 0.25) is 17.7 Å². The van der Waals surface area contributed by atoms with Crippen molar-refractivity contribution in [1.29, 1.82) is 0 Å². The summed E-state index contributed by atoms with van der Waals surface area (Å²) in [5.74, 6) is -0.538. The Morgan fingerprint density at radius 2 is 1.55 bits per heavy atom. The van der Waals surface area contributed by atoms with Crippen molar-refractivity contribution in [1.82, 2.24) is 10.2 Å². The lowest BCUT2D eigenvalue weighted by Crippen LogP contribution is -2.49. The van der Waals surface area contributed by atoms with Crippen LogP contribution >= 0.6 is 0 Å². The maximum atomic E-state index is 13.0. The second-order valence-electron chi connectivity index (χ2n) is 8.90. The van der Waals surface area contributed by atoms with Gasteiger partial charge in [-0.15, -0.1) is 0 Å². The Morgan fingerprint density at radius 1 is 0.848 bits per heavy atom. The molecule has 6 heteroatoms. The molecule has 2 heterocycles. The van der Waals surface area contributed by atoms with E-state index in [0.29, 0.717) is 19.5 Å². The molecule has 6 nitrogen and oxygen atoms in total. The first-order valence-corrected chi connectivity index (χ1v) is 11.5. The van der Waals surface area contributed by atoms with E-state index in [0.717, 1.165) is 18.7 Å². The normalized spacial score (nSPS) is 20.8. The highest BCUT2D eigenvalue weighted by Crippen LogP contribution is 2.37. The first-order chi connectivity index (χ1) is 16.0. The van der Waals surface area contributed by atoms with Gasteiger partial charge in [0.25, 0.3) is 0 Å². The van der Waals surface area contributed by atoms with Crippen molar-refractivity contribution in [3.05, 3.63) is 78.4 Å². The highest BCUT2D eigenvalue weighted by atomic mass is 16.2. The lowest BCUT2D eigenvalue weighted by Gasteiger charge is -2.37. The lowest BCUT2D eigenvalue weighted by atomic mass is 9.75. The number of hydrogen-bond donors (Lipinski definition) is 1. The van der Waals surface area contributed by atoms with E-state index in [-0.39, 0.29) is 30.6 Å². The Bertz CT molecular complexity index is 1200. The maximum absolute atomic E-state index is 13.0. The van der Waals surface area contributed by atoms with E-state index in [1.165, 1.54) is 16.5 Å². The van der Waals surface area contributed by atoms with Crippen LogP contribution < -0.4 is 10.2 Å². The molecule has 2 aliphatic rings.